The summed E-state index contributed by atoms with van der Waals surface area (Å²) >= 11 is 0. The van der Waals surface area contributed by atoms with E-state index in [-0.39, 0.29) is 0 Å². The topological polar surface area (TPSA) is 46.1 Å². The highest BCUT2D eigenvalue weighted by atomic mass is 16.5. The maximum Gasteiger partial charge on any atom is 0.193 e. The van der Waals surface area contributed by atoms with E-state index in [1.165, 1.54) is 0 Å². The Morgan fingerprint density at radius 1 is 1.33 bits per heavy atom. The number of guanidine groups is 1. The van der Waals surface area contributed by atoms with E-state index in [0.29, 0.717) is 5.92 Å². The molecule has 0 bridgehead atoms. The summed E-state index contributed by atoms with van der Waals surface area (Å²) in [5, 5.41) is 3.38. The van der Waals surface area contributed by atoms with Gasteiger partial charge in [-0.1, -0.05) is 18.2 Å². The Labute approximate surface area is 146 Å². The number of nitrogens with one attached hydrogen (secondary N) is 1. The fourth-order valence-electron chi connectivity index (χ4n) is 2.78. The number of hydrogen-bond acceptors (Lipinski definition) is 3. The number of unbranched alkanes of at least 4 members (excludes halogenated alkanes) is 1. The molecule has 0 aromatic heterocycles. The predicted octanol–water partition coefficient (Wildman–Crippen LogP) is 2.78. The molecule has 0 saturated carbocycles. The zero-order chi connectivity index (χ0) is 17.0. The Hall–Kier alpha value is -1.75. The van der Waals surface area contributed by atoms with Crippen LogP contribution in [0.5, 0.6) is 5.75 Å². The van der Waals surface area contributed by atoms with Gasteiger partial charge in [0.2, 0.25) is 0 Å². The Kier molecular flexibility index (Phi) is 8.46. The first-order chi connectivity index (χ1) is 11.8. The zero-order valence-corrected chi connectivity index (χ0v) is 15.0. The summed E-state index contributed by atoms with van der Waals surface area (Å²) < 4.78 is 11.2. The lowest BCUT2D eigenvalue weighted by Gasteiger charge is -2.24. The number of rotatable bonds is 9. The molecule has 1 atom stereocenters. The van der Waals surface area contributed by atoms with Crippen LogP contribution in [-0.4, -0.2) is 57.4 Å². The highest BCUT2D eigenvalue weighted by Crippen LogP contribution is 2.13. The van der Waals surface area contributed by atoms with E-state index in [0.717, 1.165) is 70.4 Å². The van der Waals surface area contributed by atoms with Gasteiger partial charge in [-0.2, -0.15) is 0 Å². The molecule has 1 N–H and O–H groups in total. The summed E-state index contributed by atoms with van der Waals surface area (Å²) in [5.74, 6) is 2.55. The molecular formula is C19H31N3O2. The van der Waals surface area contributed by atoms with Crippen LogP contribution in [0.15, 0.2) is 35.3 Å². The van der Waals surface area contributed by atoms with E-state index < -0.39 is 0 Å². The Balaban J connectivity index is 1.66. The fraction of sp³-hybridized carbons (Fsp3) is 0.632. The summed E-state index contributed by atoms with van der Waals surface area (Å²) in [4.78, 5) is 6.96. The normalized spacial score (nSPS) is 17.8. The second kappa shape index (κ2) is 10.9. The van der Waals surface area contributed by atoms with Crippen molar-refractivity contribution in [3.63, 3.8) is 0 Å². The van der Waals surface area contributed by atoms with Crippen molar-refractivity contribution < 1.29 is 9.47 Å². The molecule has 1 aromatic carbocycles. The van der Waals surface area contributed by atoms with E-state index in [1.54, 1.807) is 0 Å². The fourth-order valence-corrected chi connectivity index (χ4v) is 2.78. The smallest absolute Gasteiger partial charge is 0.193 e. The van der Waals surface area contributed by atoms with Crippen LogP contribution in [0.3, 0.4) is 0 Å². The lowest BCUT2D eigenvalue weighted by Crippen LogP contribution is -2.41. The molecule has 24 heavy (non-hydrogen) atoms. The van der Waals surface area contributed by atoms with Gasteiger partial charge in [-0.15, -0.1) is 0 Å². The molecule has 1 unspecified atom stereocenters. The van der Waals surface area contributed by atoms with Gasteiger partial charge in [-0.05, 0) is 38.3 Å². The number of ether oxygens (including phenoxy) is 2. The van der Waals surface area contributed by atoms with Crippen molar-refractivity contribution in [2.75, 3.05) is 46.5 Å². The molecule has 1 aliphatic heterocycles. The molecular weight excluding hydrogens is 302 g/mol. The molecule has 0 aliphatic carbocycles. The van der Waals surface area contributed by atoms with E-state index >= 15 is 0 Å². The monoisotopic (exact) mass is 333 g/mol. The third kappa shape index (κ3) is 6.79. The number of nitrogens with zero attached hydrogens (tertiary/aromatic N) is 2. The van der Waals surface area contributed by atoms with Gasteiger partial charge in [0.05, 0.1) is 13.2 Å². The number of benzene rings is 1. The molecule has 1 aromatic rings. The van der Waals surface area contributed by atoms with Gasteiger partial charge in [0, 0.05) is 39.2 Å². The lowest BCUT2D eigenvalue weighted by molar-refractivity contribution is 0.181. The van der Waals surface area contributed by atoms with Gasteiger partial charge in [0.25, 0.3) is 0 Å². The molecule has 2 rings (SSSR count). The van der Waals surface area contributed by atoms with E-state index in [9.17, 15) is 0 Å². The maximum atomic E-state index is 5.71. The largest absolute Gasteiger partial charge is 0.494 e. The van der Waals surface area contributed by atoms with Crippen LogP contribution < -0.4 is 10.1 Å². The first-order valence-electron chi connectivity index (χ1n) is 9.04. The van der Waals surface area contributed by atoms with Crippen molar-refractivity contribution in [2.24, 2.45) is 10.9 Å². The summed E-state index contributed by atoms with van der Waals surface area (Å²) in [6.45, 7) is 7.34. The van der Waals surface area contributed by atoms with Gasteiger partial charge >= 0.3 is 0 Å². The Morgan fingerprint density at radius 3 is 2.88 bits per heavy atom. The number of para-hydroxylation sites is 1. The summed E-state index contributed by atoms with van der Waals surface area (Å²) in [7, 11) is 2.11. The summed E-state index contributed by atoms with van der Waals surface area (Å²) in [5.41, 5.74) is 0. The second-order valence-corrected chi connectivity index (χ2v) is 6.21. The van der Waals surface area contributed by atoms with Crippen LogP contribution >= 0.6 is 0 Å². The van der Waals surface area contributed by atoms with Crippen molar-refractivity contribution in [3.8, 4) is 5.75 Å². The van der Waals surface area contributed by atoms with E-state index in [4.69, 9.17) is 14.5 Å². The van der Waals surface area contributed by atoms with Gasteiger partial charge < -0.3 is 19.7 Å². The van der Waals surface area contributed by atoms with Gasteiger partial charge in [0.15, 0.2) is 5.96 Å². The van der Waals surface area contributed by atoms with Crippen molar-refractivity contribution in [1.29, 1.82) is 0 Å². The Morgan fingerprint density at radius 2 is 2.17 bits per heavy atom. The van der Waals surface area contributed by atoms with Crippen LogP contribution in [0, 0.1) is 5.92 Å². The maximum absolute atomic E-state index is 5.71. The third-order valence-corrected chi connectivity index (χ3v) is 4.08. The first-order valence-corrected chi connectivity index (χ1v) is 9.04. The molecule has 1 saturated heterocycles. The molecule has 1 aliphatic rings. The second-order valence-electron chi connectivity index (χ2n) is 6.21. The van der Waals surface area contributed by atoms with Crippen LogP contribution in [0.4, 0.5) is 0 Å². The highest BCUT2D eigenvalue weighted by Gasteiger charge is 2.18. The number of aliphatic imine (C=N–C) groups is 1. The molecule has 134 valence electrons. The first kappa shape index (κ1) is 18.6. The molecule has 1 fully saturated rings. The van der Waals surface area contributed by atoms with E-state index in [1.807, 2.05) is 30.3 Å². The lowest BCUT2D eigenvalue weighted by atomic mass is 10.1. The van der Waals surface area contributed by atoms with Crippen LogP contribution in [0.2, 0.25) is 0 Å². The minimum absolute atomic E-state index is 0.623. The minimum Gasteiger partial charge on any atom is -0.494 e. The van der Waals surface area contributed by atoms with Gasteiger partial charge in [0.1, 0.15) is 5.75 Å². The van der Waals surface area contributed by atoms with Crippen molar-refractivity contribution in [3.05, 3.63) is 30.3 Å². The molecule has 0 spiro atoms. The summed E-state index contributed by atoms with van der Waals surface area (Å²) in [6.07, 6.45) is 3.20. The van der Waals surface area contributed by atoms with Crippen LogP contribution in [-0.2, 0) is 4.74 Å². The predicted molar refractivity (Wildman–Crippen MR) is 98.7 cm³/mol. The zero-order valence-electron chi connectivity index (χ0n) is 15.0. The van der Waals surface area contributed by atoms with Gasteiger partial charge in [-0.25, -0.2) is 0 Å². The van der Waals surface area contributed by atoms with Crippen LogP contribution in [0.25, 0.3) is 0 Å². The third-order valence-electron chi connectivity index (χ3n) is 4.08. The quantitative estimate of drug-likeness (QED) is 0.429. The number of hydrogen-bond donors (Lipinski definition) is 1. The molecule has 1 heterocycles. The molecule has 0 amide bonds. The summed E-state index contributed by atoms with van der Waals surface area (Å²) in [6, 6.07) is 9.96. The molecule has 5 nitrogen and oxygen atoms in total. The average Bonchev–Trinajstić information content (AvgIpc) is 3.10. The van der Waals surface area contributed by atoms with Crippen molar-refractivity contribution in [1.82, 2.24) is 10.2 Å². The minimum atomic E-state index is 0.623. The average molecular weight is 333 g/mol. The van der Waals surface area contributed by atoms with E-state index in [2.05, 4.69) is 24.2 Å². The highest BCUT2D eigenvalue weighted by molar-refractivity contribution is 5.79. The van der Waals surface area contributed by atoms with Crippen LogP contribution in [0.1, 0.15) is 26.2 Å². The standard InChI is InChI=1S/C19H31N3O2/c1-3-20-19(22(2)15-17-11-14-23-16-17)21-12-7-8-13-24-18-9-5-4-6-10-18/h4-6,9-10,17H,3,7-8,11-16H2,1-2H3,(H,20,21). The Bertz CT molecular complexity index is 473. The van der Waals surface area contributed by atoms with Crippen molar-refractivity contribution in [2.45, 2.75) is 26.2 Å². The molecule has 5 heteroatoms. The SMILES string of the molecule is CCNC(=NCCCCOc1ccccc1)N(C)CC1CCOC1. The van der Waals surface area contributed by atoms with Gasteiger partial charge in [-0.3, -0.25) is 4.99 Å². The molecule has 0 radical (unpaired) electrons. The van der Waals surface area contributed by atoms with Crippen molar-refractivity contribution >= 4 is 5.96 Å².